The molecule has 0 fully saturated rings. The number of carbonyl (C=O) groups is 1. The molecule has 0 saturated heterocycles. The highest BCUT2D eigenvalue weighted by molar-refractivity contribution is 6.02. The summed E-state index contributed by atoms with van der Waals surface area (Å²) >= 11 is 0. The summed E-state index contributed by atoms with van der Waals surface area (Å²) in [6.45, 7) is -2.94. The summed E-state index contributed by atoms with van der Waals surface area (Å²) in [6.07, 6.45) is 2.62. The summed E-state index contributed by atoms with van der Waals surface area (Å²) < 4.78 is 39.4. The normalized spacial score (nSPS) is 10.8. The molecule has 5 nitrogen and oxygen atoms in total. The first-order valence-electron chi connectivity index (χ1n) is 7.28. The molecule has 0 aromatic heterocycles. The van der Waals surface area contributed by atoms with Gasteiger partial charge in [0, 0.05) is 23.4 Å². The third kappa shape index (κ3) is 5.20. The van der Waals surface area contributed by atoms with E-state index in [0.717, 1.165) is 0 Å². The van der Waals surface area contributed by atoms with Crippen molar-refractivity contribution < 1.29 is 27.8 Å². The van der Waals surface area contributed by atoms with Gasteiger partial charge < -0.3 is 19.5 Å². The molecule has 0 saturated carbocycles. The van der Waals surface area contributed by atoms with E-state index in [1.807, 2.05) is 0 Å². The highest BCUT2D eigenvalue weighted by Crippen LogP contribution is 2.29. The van der Waals surface area contributed by atoms with Gasteiger partial charge in [0.2, 0.25) is 5.91 Å². The molecule has 0 unspecified atom stereocenters. The number of anilines is 1. The molecule has 7 heteroatoms. The first kappa shape index (κ1) is 18.3. The van der Waals surface area contributed by atoms with E-state index in [9.17, 15) is 13.6 Å². The predicted octanol–water partition coefficient (Wildman–Crippen LogP) is 3.96. The molecule has 0 heterocycles. The quantitative estimate of drug-likeness (QED) is 0.769. The second kappa shape index (κ2) is 8.68. The van der Waals surface area contributed by atoms with Crippen LogP contribution >= 0.6 is 0 Å². The number of hydrogen-bond acceptors (Lipinski definition) is 4. The van der Waals surface area contributed by atoms with Crippen molar-refractivity contribution in [2.24, 2.45) is 0 Å². The van der Waals surface area contributed by atoms with Crippen molar-refractivity contribution in [3.05, 3.63) is 54.1 Å². The van der Waals surface area contributed by atoms with Gasteiger partial charge in [-0.2, -0.15) is 8.78 Å². The zero-order chi connectivity index (χ0) is 18.2. The zero-order valence-corrected chi connectivity index (χ0v) is 13.7. The van der Waals surface area contributed by atoms with Crippen LogP contribution in [-0.2, 0) is 4.79 Å². The number of para-hydroxylation sites is 1. The molecule has 0 spiro atoms. The number of methoxy groups -OCH3 is 2. The standard InChI is InChI=1S/C18H17F2NO4/c1-23-15-9-8-13(11-16(15)24-2)21-17(22)10-7-12-5-3-4-6-14(12)25-18(19)20/h3-11,18H,1-2H3,(H,21,22). The van der Waals surface area contributed by atoms with E-state index in [0.29, 0.717) is 22.7 Å². The highest BCUT2D eigenvalue weighted by Gasteiger charge is 2.08. The number of benzene rings is 2. The topological polar surface area (TPSA) is 56.8 Å². The molecule has 1 N–H and O–H groups in total. The monoisotopic (exact) mass is 349 g/mol. The van der Waals surface area contributed by atoms with E-state index >= 15 is 0 Å². The summed E-state index contributed by atoms with van der Waals surface area (Å²) in [6, 6.07) is 11.1. The fraction of sp³-hybridized carbons (Fsp3) is 0.167. The lowest BCUT2D eigenvalue weighted by Crippen LogP contribution is -2.08. The number of hydrogen-bond donors (Lipinski definition) is 1. The highest BCUT2D eigenvalue weighted by atomic mass is 19.3. The van der Waals surface area contributed by atoms with Crippen molar-refractivity contribution in [1.29, 1.82) is 0 Å². The lowest BCUT2D eigenvalue weighted by atomic mass is 10.2. The van der Waals surface area contributed by atoms with Crippen molar-refractivity contribution in [2.75, 3.05) is 19.5 Å². The summed E-state index contributed by atoms with van der Waals surface area (Å²) in [5.41, 5.74) is 0.870. The molecule has 2 aromatic carbocycles. The Balaban J connectivity index is 2.09. The molecule has 0 radical (unpaired) electrons. The van der Waals surface area contributed by atoms with Crippen molar-refractivity contribution in [3.63, 3.8) is 0 Å². The van der Waals surface area contributed by atoms with Crippen LogP contribution in [0.4, 0.5) is 14.5 Å². The number of halogens is 2. The molecule has 132 valence electrons. The fourth-order valence-electron chi connectivity index (χ4n) is 2.08. The van der Waals surface area contributed by atoms with Gasteiger partial charge in [0.1, 0.15) is 5.75 Å². The first-order valence-corrected chi connectivity index (χ1v) is 7.28. The fourth-order valence-corrected chi connectivity index (χ4v) is 2.08. The Labute approximate surface area is 143 Å². The minimum Gasteiger partial charge on any atom is -0.493 e. The minimum atomic E-state index is -2.94. The summed E-state index contributed by atoms with van der Waals surface area (Å²) in [7, 11) is 3.00. The van der Waals surface area contributed by atoms with E-state index in [1.54, 1.807) is 36.4 Å². The minimum absolute atomic E-state index is 0.00679. The van der Waals surface area contributed by atoms with Crippen LogP contribution in [0.3, 0.4) is 0 Å². The zero-order valence-electron chi connectivity index (χ0n) is 13.7. The molecule has 0 aliphatic carbocycles. The Hall–Kier alpha value is -3.09. The molecule has 1 amide bonds. The van der Waals surface area contributed by atoms with Crippen LogP contribution < -0.4 is 19.5 Å². The van der Waals surface area contributed by atoms with Crippen LogP contribution in [0, 0.1) is 0 Å². The Morgan fingerprint density at radius 2 is 1.76 bits per heavy atom. The molecule has 2 aromatic rings. The van der Waals surface area contributed by atoms with Crippen LogP contribution in [0.5, 0.6) is 17.2 Å². The third-order valence-electron chi connectivity index (χ3n) is 3.20. The van der Waals surface area contributed by atoms with Crippen LogP contribution in [0.2, 0.25) is 0 Å². The van der Waals surface area contributed by atoms with Crippen molar-refractivity contribution in [2.45, 2.75) is 6.61 Å². The smallest absolute Gasteiger partial charge is 0.387 e. The van der Waals surface area contributed by atoms with Crippen LogP contribution in [0.1, 0.15) is 5.56 Å². The van der Waals surface area contributed by atoms with Crippen LogP contribution in [0.15, 0.2) is 48.5 Å². The number of carbonyl (C=O) groups excluding carboxylic acids is 1. The molecule has 0 aliphatic rings. The number of amides is 1. The van der Waals surface area contributed by atoms with Crippen molar-refractivity contribution >= 4 is 17.7 Å². The summed E-state index contributed by atoms with van der Waals surface area (Å²) in [4.78, 5) is 12.0. The maximum atomic E-state index is 12.4. The van der Waals surface area contributed by atoms with Gasteiger partial charge in [-0.15, -0.1) is 0 Å². The Morgan fingerprint density at radius 3 is 2.44 bits per heavy atom. The number of alkyl halides is 2. The van der Waals surface area contributed by atoms with Crippen LogP contribution in [0.25, 0.3) is 6.08 Å². The molecular formula is C18H17F2NO4. The lowest BCUT2D eigenvalue weighted by molar-refractivity contribution is -0.111. The van der Waals surface area contributed by atoms with E-state index in [-0.39, 0.29) is 5.75 Å². The van der Waals surface area contributed by atoms with E-state index in [2.05, 4.69) is 10.1 Å². The average Bonchev–Trinajstić information content (AvgIpc) is 2.60. The van der Waals surface area contributed by atoms with E-state index in [1.165, 1.54) is 32.4 Å². The molecule has 2 rings (SSSR count). The largest absolute Gasteiger partial charge is 0.493 e. The Kier molecular flexibility index (Phi) is 6.33. The van der Waals surface area contributed by atoms with Crippen molar-refractivity contribution in [1.82, 2.24) is 0 Å². The van der Waals surface area contributed by atoms with E-state index in [4.69, 9.17) is 9.47 Å². The first-order chi connectivity index (χ1) is 12.0. The molecule has 0 bridgehead atoms. The van der Waals surface area contributed by atoms with Gasteiger partial charge in [-0.1, -0.05) is 18.2 Å². The Morgan fingerprint density at radius 1 is 1.04 bits per heavy atom. The second-order valence-corrected chi connectivity index (χ2v) is 4.81. The van der Waals surface area contributed by atoms with E-state index < -0.39 is 12.5 Å². The number of ether oxygens (including phenoxy) is 3. The number of nitrogens with one attached hydrogen (secondary N) is 1. The molecule has 25 heavy (non-hydrogen) atoms. The summed E-state index contributed by atoms with van der Waals surface area (Å²) in [5, 5.41) is 2.65. The molecular weight excluding hydrogens is 332 g/mol. The van der Waals surface area contributed by atoms with Gasteiger partial charge in [0.05, 0.1) is 14.2 Å². The predicted molar refractivity (Wildman–Crippen MR) is 90.3 cm³/mol. The van der Waals surface area contributed by atoms with Gasteiger partial charge in [0.15, 0.2) is 11.5 Å². The summed E-state index contributed by atoms with van der Waals surface area (Å²) in [5.74, 6) is 0.570. The van der Waals surface area contributed by atoms with Gasteiger partial charge in [-0.3, -0.25) is 4.79 Å². The number of rotatable bonds is 7. The van der Waals surface area contributed by atoms with Gasteiger partial charge in [-0.25, -0.2) is 0 Å². The maximum Gasteiger partial charge on any atom is 0.387 e. The third-order valence-corrected chi connectivity index (χ3v) is 3.20. The lowest BCUT2D eigenvalue weighted by Gasteiger charge is -2.10. The molecule has 0 aliphatic heterocycles. The second-order valence-electron chi connectivity index (χ2n) is 4.81. The average molecular weight is 349 g/mol. The van der Waals surface area contributed by atoms with Gasteiger partial charge >= 0.3 is 6.61 Å². The Bertz CT molecular complexity index is 762. The van der Waals surface area contributed by atoms with Gasteiger partial charge in [-0.05, 0) is 24.3 Å². The molecule has 0 atom stereocenters. The van der Waals surface area contributed by atoms with Gasteiger partial charge in [0.25, 0.3) is 0 Å². The maximum absolute atomic E-state index is 12.4. The van der Waals surface area contributed by atoms with Crippen LogP contribution in [-0.4, -0.2) is 26.7 Å². The SMILES string of the molecule is COc1ccc(NC(=O)C=Cc2ccccc2OC(F)F)cc1OC. The van der Waals surface area contributed by atoms with Crippen molar-refractivity contribution in [3.8, 4) is 17.2 Å².